The van der Waals surface area contributed by atoms with E-state index in [0.717, 1.165) is 27.1 Å². The van der Waals surface area contributed by atoms with Gasteiger partial charge in [0.1, 0.15) is 12.4 Å². The number of hydrogen-bond donors (Lipinski definition) is 0. The molecule has 0 fully saturated rings. The van der Waals surface area contributed by atoms with E-state index in [1.165, 1.54) is 0 Å². The van der Waals surface area contributed by atoms with Crippen molar-refractivity contribution in [1.82, 2.24) is 0 Å². The van der Waals surface area contributed by atoms with E-state index in [-0.39, 0.29) is 5.78 Å². The number of hydrogen-bond acceptors (Lipinski definition) is 4. The molecule has 0 heterocycles. The summed E-state index contributed by atoms with van der Waals surface area (Å²) in [6.45, 7) is 5.44. The molecule has 0 spiro atoms. The minimum atomic E-state index is -0.0505. The number of ether oxygens (including phenoxy) is 3. The Morgan fingerprint density at radius 2 is 1.65 bits per heavy atom. The van der Waals surface area contributed by atoms with Gasteiger partial charge in [-0.3, -0.25) is 4.79 Å². The Morgan fingerprint density at radius 1 is 0.871 bits per heavy atom. The average Bonchev–Trinajstić information content (AvgIpc) is 2.78. The third-order valence-electron chi connectivity index (χ3n) is 4.41. The fraction of sp³-hybridized carbons (Fsp3) is 0.192. The van der Waals surface area contributed by atoms with Crippen molar-refractivity contribution < 1.29 is 19.0 Å². The maximum atomic E-state index is 12.4. The van der Waals surface area contributed by atoms with Crippen LogP contribution < -0.4 is 14.2 Å². The van der Waals surface area contributed by atoms with Crippen LogP contribution in [0.3, 0.4) is 0 Å². The lowest BCUT2D eigenvalue weighted by Gasteiger charge is -2.13. The van der Waals surface area contributed by atoms with E-state index in [0.29, 0.717) is 31.1 Å². The number of ketones is 1. The number of carbonyl (C=O) groups is 1. The molecule has 5 heteroatoms. The van der Waals surface area contributed by atoms with Crippen molar-refractivity contribution in [3.8, 4) is 17.2 Å². The quantitative estimate of drug-likeness (QED) is 0.238. The first-order valence-electron chi connectivity index (χ1n) is 10.2. The second-order valence-corrected chi connectivity index (χ2v) is 7.63. The van der Waals surface area contributed by atoms with Gasteiger partial charge < -0.3 is 14.2 Å². The Kier molecular flexibility index (Phi) is 8.30. The first-order chi connectivity index (χ1) is 15.1. The van der Waals surface area contributed by atoms with Gasteiger partial charge in [-0.15, -0.1) is 0 Å². The molecular weight excluding hydrogens is 456 g/mol. The summed E-state index contributed by atoms with van der Waals surface area (Å²) < 4.78 is 18.1. The lowest BCUT2D eigenvalue weighted by Crippen LogP contribution is -2.01. The largest absolute Gasteiger partial charge is 0.490 e. The zero-order valence-electron chi connectivity index (χ0n) is 17.6. The fourth-order valence-electron chi connectivity index (χ4n) is 2.97. The summed E-state index contributed by atoms with van der Waals surface area (Å²) in [5, 5.41) is 0. The lowest BCUT2D eigenvalue weighted by molar-refractivity contribution is 0.104. The van der Waals surface area contributed by atoms with Crippen LogP contribution in [0.5, 0.6) is 17.2 Å². The molecule has 3 aromatic carbocycles. The van der Waals surface area contributed by atoms with Gasteiger partial charge >= 0.3 is 0 Å². The van der Waals surface area contributed by atoms with Crippen molar-refractivity contribution in [2.24, 2.45) is 0 Å². The standard InChI is InChI=1S/C26H25BrO4/c1-3-29-25-14-12-20(16-26(25)30-4-2)18-31-23-10-5-7-19(15-23)11-13-24(28)21-8-6-9-22(27)17-21/h5-17H,3-4,18H2,1-2H3/b13-11+. The van der Waals surface area contributed by atoms with E-state index < -0.39 is 0 Å². The maximum absolute atomic E-state index is 12.4. The molecule has 0 aliphatic rings. The molecule has 0 aliphatic heterocycles. The van der Waals surface area contributed by atoms with Crippen LogP contribution in [0.2, 0.25) is 0 Å². The van der Waals surface area contributed by atoms with Crippen LogP contribution in [0.25, 0.3) is 6.08 Å². The number of allylic oxidation sites excluding steroid dienone is 1. The molecule has 0 amide bonds. The van der Waals surface area contributed by atoms with Gasteiger partial charge in [-0.2, -0.15) is 0 Å². The topological polar surface area (TPSA) is 44.8 Å². The van der Waals surface area contributed by atoms with Gasteiger partial charge in [0.05, 0.1) is 13.2 Å². The summed E-state index contributed by atoms with van der Waals surface area (Å²) in [4.78, 5) is 12.4. The summed E-state index contributed by atoms with van der Waals surface area (Å²) in [5.41, 5.74) is 2.51. The third-order valence-corrected chi connectivity index (χ3v) is 4.90. The molecule has 0 N–H and O–H groups in total. The molecule has 3 rings (SSSR count). The van der Waals surface area contributed by atoms with Gasteiger partial charge in [0.15, 0.2) is 17.3 Å². The molecule has 0 saturated carbocycles. The third kappa shape index (κ3) is 6.72. The zero-order valence-corrected chi connectivity index (χ0v) is 19.2. The maximum Gasteiger partial charge on any atom is 0.185 e. The molecule has 3 aromatic rings. The highest BCUT2D eigenvalue weighted by atomic mass is 79.9. The van der Waals surface area contributed by atoms with Crippen molar-refractivity contribution in [3.05, 3.63) is 94.0 Å². The smallest absolute Gasteiger partial charge is 0.185 e. The van der Waals surface area contributed by atoms with Gasteiger partial charge in [0.25, 0.3) is 0 Å². The molecule has 0 radical (unpaired) electrons. The Bertz CT molecular complexity index is 1060. The van der Waals surface area contributed by atoms with Crippen LogP contribution >= 0.6 is 15.9 Å². The van der Waals surface area contributed by atoms with Gasteiger partial charge in [-0.1, -0.05) is 52.3 Å². The van der Waals surface area contributed by atoms with Gasteiger partial charge in [-0.25, -0.2) is 0 Å². The fourth-order valence-corrected chi connectivity index (χ4v) is 3.37. The molecule has 0 aromatic heterocycles. The highest BCUT2D eigenvalue weighted by Gasteiger charge is 2.07. The number of rotatable bonds is 10. The molecule has 31 heavy (non-hydrogen) atoms. The molecular formula is C26H25BrO4. The van der Waals surface area contributed by atoms with E-state index in [9.17, 15) is 4.79 Å². The van der Waals surface area contributed by atoms with Crippen molar-refractivity contribution in [1.29, 1.82) is 0 Å². The van der Waals surface area contributed by atoms with E-state index in [1.54, 1.807) is 24.3 Å². The second kappa shape index (κ2) is 11.4. The van der Waals surface area contributed by atoms with Crippen molar-refractivity contribution >= 4 is 27.8 Å². The summed E-state index contributed by atoms with van der Waals surface area (Å²) >= 11 is 3.39. The molecule has 0 unspecified atom stereocenters. The minimum absolute atomic E-state index is 0.0505. The van der Waals surface area contributed by atoms with E-state index in [4.69, 9.17) is 14.2 Å². The molecule has 0 aliphatic carbocycles. The monoisotopic (exact) mass is 480 g/mol. The second-order valence-electron chi connectivity index (χ2n) is 6.72. The van der Waals surface area contributed by atoms with E-state index in [2.05, 4.69) is 15.9 Å². The number of carbonyl (C=O) groups excluding carboxylic acids is 1. The van der Waals surface area contributed by atoms with Crippen LogP contribution in [0.15, 0.2) is 77.3 Å². The predicted octanol–water partition coefficient (Wildman–Crippen LogP) is 6.72. The normalized spacial score (nSPS) is 10.8. The Morgan fingerprint density at radius 3 is 2.42 bits per heavy atom. The van der Waals surface area contributed by atoms with Crippen molar-refractivity contribution in [3.63, 3.8) is 0 Å². The van der Waals surface area contributed by atoms with Gasteiger partial charge in [0.2, 0.25) is 0 Å². The summed E-state index contributed by atoms with van der Waals surface area (Å²) in [6.07, 6.45) is 3.36. The Labute approximate surface area is 191 Å². The molecule has 160 valence electrons. The number of benzene rings is 3. The summed E-state index contributed by atoms with van der Waals surface area (Å²) in [7, 11) is 0. The first-order valence-corrected chi connectivity index (χ1v) is 11.0. The summed E-state index contributed by atoms with van der Waals surface area (Å²) in [6, 6.07) is 20.8. The van der Waals surface area contributed by atoms with Crippen LogP contribution in [-0.2, 0) is 6.61 Å². The minimum Gasteiger partial charge on any atom is -0.490 e. The van der Waals surface area contributed by atoms with E-state index >= 15 is 0 Å². The number of halogens is 1. The highest BCUT2D eigenvalue weighted by Crippen LogP contribution is 2.29. The molecule has 0 bridgehead atoms. The van der Waals surface area contributed by atoms with Crippen molar-refractivity contribution in [2.75, 3.05) is 13.2 Å². The average molecular weight is 481 g/mol. The predicted molar refractivity (Wildman–Crippen MR) is 127 cm³/mol. The first kappa shape index (κ1) is 22.6. The van der Waals surface area contributed by atoms with Crippen LogP contribution in [0.1, 0.15) is 35.3 Å². The van der Waals surface area contributed by atoms with Crippen LogP contribution in [0.4, 0.5) is 0 Å². The van der Waals surface area contributed by atoms with Crippen molar-refractivity contribution in [2.45, 2.75) is 20.5 Å². The van der Waals surface area contributed by atoms with E-state index in [1.807, 2.05) is 68.4 Å². The molecule has 0 saturated heterocycles. The Balaban J connectivity index is 1.65. The van der Waals surface area contributed by atoms with Gasteiger partial charge in [0, 0.05) is 10.0 Å². The molecule has 0 atom stereocenters. The lowest BCUT2D eigenvalue weighted by atomic mass is 10.1. The molecule has 4 nitrogen and oxygen atoms in total. The highest BCUT2D eigenvalue weighted by molar-refractivity contribution is 9.10. The summed E-state index contributed by atoms with van der Waals surface area (Å²) in [5.74, 6) is 2.12. The SMILES string of the molecule is CCOc1ccc(COc2cccc(/C=C/C(=O)c3cccc(Br)c3)c2)cc1OCC. The van der Waals surface area contributed by atoms with Gasteiger partial charge in [-0.05, 0) is 67.4 Å². The Hall–Kier alpha value is -3.05. The van der Waals surface area contributed by atoms with Crippen LogP contribution in [0, 0.1) is 0 Å². The zero-order chi connectivity index (χ0) is 22.1. The van der Waals surface area contributed by atoms with Crippen LogP contribution in [-0.4, -0.2) is 19.0 Å².